The normalized spacial score (nSPS) is 11.0. The zero-order chi connectivity index (χ0) is 15.4. The summed E-state index contributed by atoms with van der Waals surface area (Å²) in [7, 11) is 1.85. The topological polar surface area (TPSA) is 64.9 Å². The van der Waals surface area contributed by atoms with E-state index < -0.39 is 0 Å². The fourth-order valence-electron chi connectivity index (χ4n) is 2.13. The number of nitrogens with one attached hydrogen (secondary N) is 1. The second-order valence-corrected chi connectivity index (χ2v) is 5.22. The lowest BCUT2D eigenvalue weighted by Gasteiger charge is -2.08. The fourth-order valence-corrected chi connectivity index (χ4v) is 2.32. The molecule has 3 aromatic rings. The molecule has 0 spiro atoms. The van der Waals surface area contributed by atoms with Gasteiger partial charge < -0.3 is 10.1 Å². The number of fused-ring (bicyclic) bond motifs is 1. The first-order valence-electron chi connectivity index (χ1n) is 6.95. The molecule has 114 valence electrons. The van der Waals surface area contributed by atoms with Crippen LogP contribution in [0.25, 0.3) is 11.0 Å². The van der Waals surface area contributed by atoms with Gasteiger partial charge in [0.25, 0.3) is 0 Å². The molecule has 6 nitrogen and oxygen atoms in total. The molecule has 0 fully saturated rings. The molecule has 2 aromatic heterocycles. The summed E-state index contributed by atoms with van der Waals surface area (Å²) >= 11 is 6.08. The van der Waals surface area contributed by atoms with Crippen LogP contribution in [-0.4, -0.2) is 33.1 Å². The van der Waals surface area contributed by atoms with Gasteiger partial charge in [-0.15, -0.1) is 5.10 Å². The highest BCUT2D eigenvalue weighted by molar-refractivity contribution is 6.31. The van der Waals surface area contributed by atoms with Crippen LogP contribution in [0.5, 0.6) is 0 Å². The second kappa shape index (κ2) is 6.72. The van der Waals surface area contributed by atoms with Crippen LogP contribution in [0.4, 0.5) is 5.82 Å². The van der Waals surface area contributed by atoms with E-state index in [2.05, 4.69) is 20.6 Å². The van der Waals surface area contributed by atoms with Gasteiger partial charge in [0.1, 0.15) is 0 Å². The molecule has 0 atom stereocenters. The van der Waals surface area contributed by atoms with Crippen LogP contribution in [-0.2, 0) is 18.4 Å². The molecule has 0 amide bonds. The van der Waals surface area contributed by atoms with Crippen LogP contribution in [0, 0.1) is 0 Å². The Morgan fingerprint density at radius 3 is 3.00 bits per heavy atom. The third-order valence-electron chi connectivity index (χ3n) is 3.28. The summed E-state index contributed by atoms with van der Waals surface area (Å²) < 4.78 is 7.34. The van der Waals surface area contributed by atoms with Crippen molar-refractivity contribution in [2.45, 2.75) is 6.61 Å². The summed E-state index contributed by atoms with van der Waals surface area (Å²) in [5.74, 6) is 0.715. The van der Waals surface area contributed by atoms with Crippen molar-refractivity contribution >= 4 is 28.5 Å². The summed E-state index contributed by atoms with van der Waals surface area (Å²) in [6.07, 6.45) is 1.73. The van der Waals surface area contributed by atoms with Crippen molar-refractivity contribution in [3.63, 3.8) is 0 Å². The van der Waals surface area contributed by atoms with Crippen LogP contribution in [0.15, 0.2) is 36.5 Å². The molecule has 0 radical (unpaired) electrons. The van der Waals surface area contributed by atoms with Gasteiger partial charge in [0.05, 0.1) is 18.7 Å². The maximum atomic E-state index is 6.08. The Hall–Kier alpha value is -2.18. The minimum absolute atomic E-state index is 0.490. The van der Waals surface area contributed by atoms with Crippen molar-refractivity contribution in [3.8, 4) is 0 Å². The minimum atomic E-state index is 0.490. The molecule has 1 N–H and O–H groups in total. The number of pyridine rings is 1. The van der Waals surface area contributed by atoms with E-state index in [1.807, 2.05) is 37.4 Å². The fraction of sp³-hybridized carbons (Fsp3) is 0.267. The Balaban J connectivity index is 1.52. The summed E-state index contributed by atoms with van der Waals surface area (Å²) in [5, 5.41) is 12.0. The first-order chi connectivity index (χ1) is 10.8. The van der Waals surface area contributed by atoms with Gasteiger partial charge in [-0.05, 0) is 17.7 Å². The van der Waals surface area contributed by atoms with Crippen molar-refractivity contribution in [3.05, 3.63) is 47.1 Å². The Kier molecular flexibility index (Phi) is 4.50. The summed E-state index contributed by atoms with van der Waals surface area (Å²) in [5.41, 5.74) is 2.68. The van der Waals surface area contributed by atoms with E-state index in [-0.39, 0.29) is 0 Å². The number of ether oxygens (including phenoxy) is 1. The third-order valence-corrected chi connectivity index (χ3v) is 3.65. The number of nitrogens with zero attached hydrogens (tertiary/aromatic N) is 4. The lowest BCUT2D eigenvalue weighted by Crippen LogP contribution is -2.10. The standard InChI is InChI=1S/C15H16ClN5O/c1-21-13-6-7-17-15(14(13)19-20-21)18-8-9-22-10-11-4-2-3-5-12(11)16/h2-7H,8-10H2,1H3,(H,17,18). The van der Waals surface area contributed by atoms with E-state index in [0.717, 1.165) is 21.6 Å². The number of halogens is 1. The predicted molar refractivity (Wildman–Crippen MR) is 85.9 cm³/mol. The van der Waals surface area contributed by atoms with Crippen molar-refractivity contribution in [1.82, 2.24) is 20.0 Å². The van der Waals surface area contributed by atoms with E-state index in [0.29, 0.717) is 25.6 Å². The molecule has 0 bridgehead atoms. The van der Waals surface area contributed by atoms with Gasteiger partial charge >= 0.3 is 0 Å². The zero-order valence-electron chi connectivity index (χ0n) is 12.2. The second-order valence-electron chi connectivity index (χ2n) is 4.81. The Morgan fingerprint density at radius 1 is 1.27 bits per heavy atom. The van der Waals surface area contributed by atoms with Gasteiger partial charge in [-0.2, -0.15) is 0 Å². The van der Waals surface area contributed by atoms with E-state index in [1.165, 1.54) is 0 Å². The number of rotatable bonds is 6. The average Bonchev–Trinajstić information content (AvgIpc) is 2.91. The highest BCUT2D eigenvalue weighted by Gasteiger charge is 2.07. The third kappa shape index (κ3) is 3.18. The Labute approximate surface area is 133 Å². The quantitative estimate of drug-likeness (QED) is 0.708. The van der Waals surface area contributed by atoms with E-state index in [4.69, 9.17) is 16.3 Å². The summed E-state index contributed by atoms with van der Waals surface area (Å²) in [6.45, 7) is 1.67. The van der Waals surface area contributed by atoms with Gasteiger partial charge in [-0.3, -0.25) is 0 Å². The lowest BCUT2D eigenvalue weighted by atomic mass is 10.2. The molecule has 22 heavy (non-hydrogen) atoms. The summed E-state index contributed by atoms with van der Waals surface area (Å²) in [6, 6.07) is 9.55. The summed E-state index contributed by atoms with van der Waals surface area (Å²) in [4.78, 5) is 4.29. The molecule has 2 heterocycles. The van der Waals surface area contributed by atoms with E-state index >= 15 is 0 Å². The van der Waals surface area contributed by atoms with Crippen LogP contribution in [0.1, 0.15) is 5.56 Å². The van der Waals surface area contributed by atoms with Gasteiger partial charge in [0.15, 0.2) is 11.3 Å². The molecular formula is C15H16ClN5O. The number of aryl methyl sites for hydroxylation is 1. The zero-order valence-corrected chi connectivity index (χ0v) is 12.9. The first kappa shape index (κ1) is 14.7. The molecule has 0 saturated carbocycles. The van der Waals surface area contributed by atoms with E-state index in [1.54, 1.807) is 10.9 Å². The number of aromatic nitrogens is 4. The van der Waals surface area contributed by atoms with Crippen molar-refractivity contribution in [2.75, 3.05) is 18.5 Å². The molecular weight excluding hydrogens is 302 g/mol. The van der Waals surface area contributed by atoms with Crippen LogP contribution >= 0.6 is 11.6 Å². The van der Waals surface area contributed by atoms with Crippen molar-refractivity contribution < 1.29 is 4.74 Å². The van der Waals surface area contributed by atoms with Gasteiger partial charge in [-0.25, -0.2) is 9.67 Å². The minimum Gasteiger partial charge on any atom is -0.375 e. The maximum absolute atomic E-state index is 6.08. The van der Waals surface area contributed by atoms with Gasteiger partial charge in [0, 0.05) is 24.8 Å². The Bertz CT molecular complexity index is 773. The smallest absolute Gasteiger partial charge is 0.156 e. The molecule has 3 rings (SSSR count). The highest BCUT2D eigenvalue weighted by Crippen LogP contribution is 2.17. The SMILES string of the molecule is Cn1nnc2c(NCCOCc3ccccc3Cl)nccc21. The molecule has 0 aliphatic rings. The Morgan fingerprint density at radius 2 is 2.14 bits per heavy atom. The number of anilines is 1. The molecule has 0 unspecified atom stereocenters. The monoisotopic (exact) mass is 317 g/mol. The van der Waals surface area contributed by atoms with Crippen LogP contribution in [0.3, 0.4) is 0 Å². The van der Waals surface area contributed by atoms with Crippen molar-refractivity contribution in [1.29, 1.82) is 0 Å². The highest BCUT2D eigenvalue weighted by atomic mass is 35.5. The van der Waals surface area contributed by atoms with E-state index in [9.17, 15) is 0 Å². The largest absolute Gasteiger partial charge is 0.375 e. The van der Waals surface area contributed by atoms with Crippen LogP contribution in [0.2, 0.25) is 5.02 Å². The van der Waals surface area contributed by atoms with Crippen molar-refractivity contribution in [2.24, 2.45) is 7.05 Å². The number of hydrogen-bond donors (Lipinski definition) is 1. The number of benzene rings is 1. The average molecular weight is 318 g/mol. The molecule has 0 aliphatic carbocycles. The molecule has 0 aliphatic heterocycles. The van der Waals surface area contributed by atoms with Gasteiger partial charge in [-0.1, -0.05) is 35.0 Å². The van der Waals surface area contributed by atoms with Gasteiger partial charge in [0.2, 0.25) is 0 Å². The lowest BCUT2D eigenvalue weighted by molar-refractivity contribution is 0.130. The molecule has 7 heteroatoms. The first-order valence-corrected chi connectivity index (χ1v) is 7.33. The predicted octanol–water partition coefficient (Wildman–Crippen LogP) is 2.65. The maximum Gasteiger partial charge on any atom is 0.156 e. The van der Waals surface area contributed by atoms with Crippen LogP contribution < -0.4 is 5.32 Å². The number of hydrogen-bond acceptors (Lipinski definition) is 5. The molecule has 1 aromatic carbocycles. The molecule has 0 saturated heterocycles.